The molecule has 0 spiro atoms. The molecule has 4 heteroatoms. The largest absolute Gasteiger partial charge is 0.324 e. The summed E-state index contributed by atoms with van der Waals surface area (Å²) in [5.74, 6) is -0.124. The van der Waals surface area contributed by atoms with Crippen molar-refractivity contribution in [2.75, 3.05) is 6.54 Å². The minimum absolute atomic E-state index is 0. The lowest BCUT2D eigenvalue weighted by molar-refractivity contribution is 0.0996. The summed E-state index contributed by atoms with van der Waals surface area (Å²) in [6, 6.07) is 5.17. The monoisotopic (exact) mass is 172 g/mol. The quantitative estimate of drug-likeness (QED) is 0.667. The zero-order chi connectivity index (χ0) is 7.40. The normalized spacial score (nSPS) is 8.45. The molecule has 0 aliphatic heterocycles. The molecule has 11 heavy (non-hydrogen) atoms. The van der Waals surface area contributed by atoms with Gasteiger partial charge >= 0.3 is 0 Å². The molecule has 0 radical (unpaired) electrons. The number of rotatable bonds is 2. The van der Waals surface area contributed by atoms with Crippen LogP contribution in [0.4, 0.5) is 0 Å². The first-order chi connectivity index (χ1) is 4.84. The number of pyridine rings is 1. The summed E-state index contributed by atoms with van der Waals surface area (Å²) in [7, 11) is 0. The van der Waals surface area contributed by atoms with Crippen molar-refractivity contribution in [1.82, 2.24) is 4.98 Å². The van der Waals surface area contributed by atoms with E-state index >= 15 is 0 Å². The lowest BCUT2D eigenvalue weighted by atomic mass is 10.2. The average Bonchev–Trinajstić information content (AvgIpc) is 2.05. The van der Waals surface area contributed by atoms with E-state index in [1.54, 1.807) is 24.4 Å². The Morgan fingerprint density at radius 1 is 1.55 bits per heavy atom. The Labute approximate surface area is 71.0 Å². The van der Waals surface area contributed by atoms with Gasteiger partial charge in [-0.05, 0) is 12.1 Å². The van der Waals surface area contributed by atoms with Gasteiger partial charge in [-0.1, -0.05) is 6.07 Å². The van der Waals surface area contributed by atoms with Crippen molar-refractivity contribution in [1.29, 1.82) is 0 Å². The van der Waals surface area contributed by atoms with Gasteiger partial charge in [-0.2, -0.15) is 0 Å². The first kappa shape index (κ1) is 10.1. The number of carbonyl (C=O) groups is 1. The Morgan fingerprint density at radius 2 is 2.27 bits per heavy atom. The van der Waals surface area contributed by atoms with Crippen molar-refractivity contribution in [2.24, 2.45) is 5.73 Å². The second-order valence-electron chi connectivity index (χ2n) is 1.84. The van der Waals surface area contributed by atoms with Gasteiger partial charge in [0.05, 0.1) is 6.54 Å². The first-order valence-electron chi connectivity index (χ1n) is 2.99. The summed E-state index contributed by atoms with van der Waals surface area (Å²) < 4.78 is 0. The fourth-order valence-corrected chi connectivity index (χ4v) is 0.632. The molecule has 0 bridgehead atoms. The van der Waals surface area contributed by atoms with E-state index in [1.807, 2.05) is 0 Å². The van der Waals surface area contributed by atoms with E-state index in [9.17, 15) is 4.79 Å². The standard InChI is InChI=1S/C7H8N2O.ClH/c8-5-7(10)6-3-1-2-4-9-6;/h1-4H,5,8H2;1H. The molecule has 0 aliphatic carbocycles. The van der Waals surface area contributed by atoms with Crippen molar-refractivity contribution in [2.45, 2.75) is 0 Å². The molecule has 0 fully saturated rings. The van der Waals surface area contributed by atoms with E-state index < -0.39 is 0 Å². The van der Waals surface area contributed by atoms with Crippen LogP contribution in [0.5, 0.6) is 0 Å². The molecule has 0 unspecified atom stereocenters. The Balaban J connectivity index is 0.000001000. The molecule has 1 aromatic heterocycles. The average molecular weight is 173 g/mol. The lowest BCUT2D eigenvalue weighted by Crippen LogP contribution is -2.14. The Hall–Kier alpha value is -0.930. The number of hydrogen-bond donors (Lipinski definition) is 1. The summed E-state index contributed by atoms with van der Waals surface area (Å²) in [6.07, 6.45) is 1.57. The lowest BCUT2D eigenvalue weighted by Gasteiger charge is -1.92. The first-order valence-corrected chi connectivity index (χ1v) is 2.99. The van der Waals surface area contributed by atoms with Crippen LogP contribution in [0.2, 0.25) is 0 Å². The van der Waals surface area contributed by atoms with Crippen LogP contribution in [-0.2, 0) is 0 Å². The SMILES string of the molecule is Cl.NCC(=O)c1ccccn1. The van der Waals surface area contributed by atoms with Gasteiger partial charge in [-0.25, -0.2) is 0 Å². The predicted molar refractivity (Wildman–Crippen MR) is 44.9 cm³/mol. The second kappa shape index (κ2) is 4.82. The molecule has 0 amide bonds. The fourth-order valence-electron chi connectivity index (χ4n) is 0.632. The third-order valence-corrected chi connectivity index (χ3v) is 1.14. The van der Waals surface area contributed by atoms with Gasteiger partial charge in [-0.15, -0.1) is 12.4 Å². The number of halogens is 1. The highest BCUT2D eigenvalue weighted by Gasteiger charge is 2.00. The van der Waals surface area contributed by atoms with Crippen LogP contribution in [0.3, 0.4) is 0 Å². The van der Waals surface area contributed by atoms with Crippen LogP contribution in [0.1, 0.15) is 10.5 Å². The maximum Gasteiger partial charge on any atom is 0.194 e. The number of Topliss-reactive ketones (excluding diaryl/α,β-unsaturated/α-hetero) is 1. The third-order valence-electron chi connectivity index (χ3n) is 1.14. The number of hydrogen-bond acceptors (Lipinski definition) is 3. The van der Waals surface area contributed by atoms with Gasteiger partial charge in [0.2, 0.25) is 0 Å². The molecule has 0 atom stereocenters. The smallest absolute Gasteiger partial charge is 0.194 e. The van der Waals surface area contributed by atoms with Gasteiger partial charge in [0.1, 0.15) is 5.69 Å². The molecule has 1 heterocycles. The van der Waals surface area contributed by atoms with E-state index in [1.165, 1.54) is 0 Å². The number of nitrogens with zero attached hydrogens (tertiary/aromatic N) is 1. The van der Waals surface area contributed by atoms with Crippen LogP contribution < -0.4 is 5.73 Å². The highest BCUT2D eigenvalue weighted by Crippen LogP contribution is 1.92. The molecule has 1 rings (SSSR count). The predicted octanol–water partition coefficient (Wildman–Crippen LogP) is 0.645. The Bertz CT molecular complexity index is 225. The molecule has 60 valence electrons. The summed E-state index contributed by atoms with van der Waals surface area (Å²) in [5.41, 5.74) is 5.55. The summed E-state index contributed by atoms with van der Waals surface area (Å²) in [4.78, 5) is 14.6. The number of ketones is 1. The Morgan fingerprint density at radius 3 is 2.73 bits per heavy atom. The molecular formula is C7H9ClN2O. The van der Waals surface area contributed by atoms with Gasteiger partial charge in [0, 0.05) is 6.20 Å². The third kappa shape index (κ3) is 2.65. The van der Waals surface area contributed by atoms with Crippen molar-refractivity contribution in [3.63, 3.8) is 0 Å². The van der Waals surface area contributed by atoms with Crippen molar-refractivity contribution in [3.05, 3.63) is 30.1 Å². The minimum atomic E-state index is -0.124. The Kier molecular flexibility index (Phi) is 4.41. The highest BCUT2D eigenvalue weighted by molar-refractivity contribution is 5.95. The maximum absolute atomic E-state index is 10.8. The highest BCUT2D eigenvalue weighted by atomic mass is 35.5. The van der Waals surface area contributed by atoms with E-state index in [2.05, 4.69) is 4.98 Å². The van der Waals surface area contributed by atoms with Gasteiger partial charge in [0.15, 0.2) is 5.78 Å². The van der Waals surface area contributed by atoms with E-state index in [4.69, 9.17) is 5.73 Å². The van der Waals surface area contributed by atoms with Gasteiger partial charge < -0.3 is 5.73 Å². The maximum atomic E-state index is 10.8. The number of nitrogens with two attached hydrogens (primary N) is 1. The topological polar surface area (TPSA) is 56.0 Å². The van der Waals surface area contributed by atoms with Crippen molar-refractivity contribution >= 4 is 18.2 Å². The van der Waals surface area contributed by atoms with E-state index in [-0.39, 0.29) is 24.7 Å². The van der Waals surface area contributed by atoms with E-state index in [0.717, 1.165) is 0 Å². The van der Waals surface area contributed by atoms with Crippen LogP contribution in [-0.4, -0.2) is 17.3 Å². The zero-order valence-corrected chi connectivity index (χ0v) is 6.67. The molecule has 2 N–H and O–H groups in total. The van der Waals surface area contributed by atoms with Crippen molar-refractivity contribution < 1.29 is 4.79 Å². The van der Waals surface area contributed by atoms with Crippen LogP contribution in [0, 0.1) is 0 Å². The summed E-state index contributed by atoms with van der Waals surface area (Å²) in [6.45, 7) is 0.0248. The molecule has 0 aromatic carbocycles. The van der Waals surface area contributed by atoms with E-state index in [0.29, 0.717) is 5.69 Å². The minimum Gasteiger partial charge on any atom is -0.324 e. The second-order valence-corrected chi connectivity index (χ2v) is 1.84. The molecule has 0 saturated carbocycles. The van der Waals surface area contributed by atoms with Crippen LogP contribution in [0.15, 0.2) is 24.4 Å². The molecular weight excluding hydrogens is 164 g/mol. The van der Waals surface area contributed by atoms with Gasteiger partial charge in [0.25, 0.3) is 0 Å². The van der Waals surface area contributed by atoms with Gasteiger partial charge in [-0.3, -0.25) is 9.78 Å². The molecule has 0 aliphatic rings. The van der Waals surface area contributed by atoms with Crippen molar-refractivity contribution in [3.8, 4) is 0 Å². The van der Waals surface area contributed by atoms with Crippen LogP contribution >= 0.6 is 12.4 Å². The fraction of sp³-hybridized carbons (Fsp3) is 0.143. The molecule has 1 aromatic rings. The zero-order valence-electron chi connectivity index (χ0n) is 5.86. The molecule has 3 nitrogen and oxygen atoms in total. The number of carbonyl (C=O) groups excluding carboxylic acids is 1. The molecule has 0 saturated heterocycles. The summed E-state index contributed by atoms with van der Waals surface area (Å²) >= 11 is 0. The number of aromatic nitrogens is 1. The van der Waals surface area contributed by atoms with Crippen LogP contribution in [0.25, 0.3) is 0 Å². The summed E-state index contributed by atoms with van der Waals surface area (Å²) in [5, 5.41) is 0.